The number of aromatic nitrogens is 6. The molecule has 13 heteroatoms. The Morgan fingerprint density at radius 2 is 2.03 bits per heavy atom. The summed E-state index contributed by atoms with van der Waals surface area (Å²) in [5.74, 6) is 1.33. The molecule has 0 spiro atoms. The highest BCUT2D eigenvalue weighted by atomic mass is 35.5. The Bertz CT molecular complexity index is 1070. The third kappa shape index (κ3) is 6.06. The molecule has 1 atom stereocenters. The molecule has 0 fully saturated rings. The Morgan fingerprint density at radius 1 is 1.27 bits per heavy atom. The fourth-order valence-corrected chi connectivity index (χ4v) is 3.51. The van der Waals surface area contributed by atoms with Crippen LogP contribution in [-0.4, -0.2) is 50.6 Å². The summed E-state index contributed by atoms with van der Waals surface area (Å²) in [6.07, 6.45) is -3.86. The van der Waals surface area contributed by atoms with Crippen LogP contribution in [0.1, 0.15) is 55.0 Å². The maximum absolute atomic E-state index is 13.2. The van der Waals surface area contributed by atoms with E-state index in [9.17, 15) is 13.2 Å². The molecule has 9 nitrogen and oxygen atoms in total. The Morgan fingerprint density at radius 3 is 2.64 bits per heavy atom. The molecule has 1 aromatic carbocycles. The number of hydrogen-bond donors (Lipinski definition) is 1. The van der Waals surface area contributed by atoms with E-state index in [1.165, 1.54) is 6.07 Å². The zero-order chi connectivity index (χ0) is 24.2. The number of tetrazole rings is 1. The van der Waals surface area contributed by atoms with Crippen LogP contribution in [0.25, 0.3) is 0 Å². The first-order valence-electron chi connectivity index (χ1n) is 10.2. The summed E-state index contributed by atoms with van der Waals surface area (Å²) in [5.41, 5.74) is -1.02. The molecular formula is C20H25ClF3N7O2. The van der Waals surface area contributed by atoms with Gasteiger partial charge in [0.1, 0.15) is 0 Å². The summed E-state index contributed by atoms with van der Waals surface area (Å²) in [7, 11) is 1.59. The fourth-order valence-electron chi connectivity index (χ4n) is 3.22. The predicted octanol–water partition coefficient (Wildman–Crippen LogP) is 3.73. The molecular weight excluding hydrogens is 463 g/mol. The van der Waals surface area contributed by atoms with Crippen LogP contribution in [0.4, 0.5) is 13.2 Å². The van der Waals surface area contributed by atoms with Gasteiger partial charge in [0.15, 0.2) is 11.6 Å². The zero-order valence-electron chi connectivity index (χ0n) is 18.6. The summed E-state index contributed by atoms with van der Waals surface area (Å²) in [4.78, 5) is 4.29. The zero-order valence-corrected chi connectivity index (χ0v) is 19.4. The van der Waals surface area contributed by atoms with E-state index in [1.54, 1.807) is 18.7 Å². The molecule has 2 heterocycles. The van der Waals surface area contributed by atoms with Gasteiger partial charge in [0.05, 0.1) is 17.0 Å². The van der Waals surface area contributed by atoms with Crippen molar-refractivity contribution in [3.8, 4) is 0 Å². The molecule has 0 saturated carbocycles. The first-order chi connectivity index (χ1) is 15.5. The third-order valence-corrected chi connectivity index (χ3v) is 5.36. The Balaban J connectivity index is 1.95. The van der Waals surface area contributed by atoms with Gasteiger partial charge in [0.25, 0.3) is 0 Å². The summed E-state index contributed by atoms with van der Waals surface area (Å²) in [5, 5.41) is 19.0. The van der Waals surface area contributed by atoms with Crippen molar-refractivity contribution in [1.29, 1.82) is 0 Å². The van der Waals surface area contributed by atoms with Gasteiger partial charge in [-0.1, -0.05) is 22.8 Å². The number of halogens is 4. The highest BCUT2D eigenvalue weighted by Gasteiger charge is 2.34. The molecule has 0 saturated heterocycles. The van der Waals surface area contributed by atoms with Crippen molar-refractivity contribution in [3.05, 3.63) is 51.9 Å². The summed E-state index contributed by atoms with van der Waals surface area (Å²) < 4.78 is 51.5. The highest BCUT2D eigenvalue weighted by Crippen LogP contribution is 2.35. The number of rotatable bonds is 10. The van der Waals surface area contributed by atoms with Gasteiger partial charge >= 0.3 is 6.18 Å². The van der Waals surface area contributed by atoms with E-state index < -0.39 is 23.2 Å². The van der Waals surface area contributed by atoms with E-state index >= 15 is 0 Å². The van der Waals surface area contributed by atoms with Crippen LogP contribution in [0.2, 0.25) is 5.02 Å². The molecule has 0 aliphatic carbocycles. The maximum Gasteiger partial charge on any atom is 0.416 e. The van der Waals surface area contributed by atoms with Gasteiger partial charge in [-0.3, -0.25) is 0 Å². The van der Waals surface area contributed by atoms with Crippen molar-refractivity contribution in [1.82, 2.24) is 35.7 Å². The predicted molar refractivity (Wildman–Crippen MR) is 113 cm³/mol. The first-order valence-corrected chi connectivity index (χ1v) is 10.6. The minimum absolute atomic E-state index is 0.0554. The number of ether oxygens (including phenoxy) is 1. The van der Waals surface area contributed by atoms with Gasteiger partial charge in [-0.25, -0.2) is 4.68 Å². The Labute approximate surface area is 193 Å². The Hall–Kier alpha value is -2.57. The van der Waals surface area contributed by atoms with E-state index in [-0.39, 0.29) is 5.02 Å². The van der Waals surface area contributed by atoms with Crippen molar-refractivity contribution in [3.63, 3.8) is 0 Å². The van der Waals surface area contributed by atoms with Crippen molar-refractivity contribution in [2.45, 2.75) is 51.4 Å². The lowest BCUT2D eigenvalue weighted by molar-refractivity contribution is -0.137. The molecule has 0 amide bonds. The number of nitrogens with one attached hydrogen (secondary N) is 1. The third-order valence-electron chi connectivity index (χ3n) is 5.03. The first kappa shape index (κ1) is 25.1. The second-order valence-electron chi connectivity index (χ2n) is 8.19. The van der Waals surface area contributed by atoms with Crippen molar-refractivity contribution >= 4 is 11.6 Å². The molecule has 3 aromatic rings. The average molecular weight is 488 g/mol. The number of benzene rings is 1. The lowest BCUT2D eigenvalue weighted by atomic mass is 9.92. The van der Waals surface area contributed by atoms with Gasteiger partial charge < -0.3 is 14.6 Å². The van der Waals surface area contributed by atoms with E-state index in [1.807, 2.05) is 13.8 Å². The van der Waals surface area contributed by atoms with Gasteiger partial charge in [0.2, 0.25) is 5.89 Å². The highest BCUT2D eigenvalue weighted by molar-refractivity contribution is 6.31. The molecule has 33 heavy (non-hydrogen) atoms. The van der Waals surface area contributed by atoms with E-state index in [0.29, 0.717) is 49.2 Å². The molecule has 0 aliphatic heterocycles. The van der Waals surface area contributed by atoms with Gasteiger partial charge in [0, 0.05) is 31.8 Å². The fraction of sp³-hybridized carbons (Fsp3) is 0.550. The number of nitrogens with zero attached hydrogens (tertiary/aromatic N) is 6. The van der Waals surface area contributed by atoms with Crippen LogP contribution in [0, 0.1) is 6.92 Å². The van der Waals surface area contributed by atoms with Gasteiger partial charge in [-0.15, -0.1) is 5.10 Å². The molecule has 2 aromatic heterocycles. The smallest absolute Gasteiger partial charge is 0.385 e. The van der Waals surface area contributed by atoms with Crippen LogP contribution in [0.5, 0.6) is 0 Å². The summed E-state index contributed by atoms with van der Waals surface area (Å²) >= 11 is 6.32. The molecule has 1 N–H and O–H groups in total. The van der Waals surface area contributed by atoms with Crippen molar-refractivity contribution in [2.75, 3.05) is 20.3 Å². The standard InChI is InChI=1S/C20H25ClF3N7O2/c1-12-26-18(33-28-12)19(2,3)11-25-16(17-27-29-30-31(17)8-5-9-32-4)14-7-6-13(10-15(14)21)20(22,23)24/h6-7,10,16,25H,5,8-9,11H2,1-4H3. The van der Waals surface area contributed by atoms with Gasteiger partial charge in [-0.05, 0) is 55.3 Å². The number of alkyl halides is 3. The molecule has 1 unspecified atom stereocenters. The van der Waals surface area contributed by atoms with Crippen LogP contribution >= 0.6 is 11.6 Å². The van der Waals surface area contributed by atoms with E-state index in [4.69, 9.17) is 20.9 Å². The minimum Gasteiger partial charge on any atom is -0.385 e. The quantitative estimate of drug-likeness (QED) is 0.431. The summed E-state index contributed by atoms with van der Waals surface area (Å²) in [6.45, 7) is 6.80. The SMILES string of the molecule is COCCCn1nnnc1C(NCC(C)(C)c1nc(C)no1)c1ccc(C(F)(F)F)cc1Cl. The van der Waals surface area contributed by atoms with Crippen LogP contribution in [-0.2, 0) is 22.9 Å². The number of methoxy groups -OCH3 is 1. The summed E-state index contributed by atoms with van der Waals surface area (Å²) in [6, 6.07) is 2.53. The van der Waals surface area contributed by atoms with E-state index in [2.05, 4.69) is 31.0 Å². The van der Waals surface area contributed by atoms with Crippen LogP contribution in [0.15, 0.2) is 22.7 Å². The number of hydrogen-bond acceptors (Lipinski definition) is 8. The monoisotopic (exact) mass is 487 g/mol. The van der Waals surface area contributed by atoms with Gasteiger partial charge in [-0.2, -0.15) is 18.2 Å². The second kappa shape index (κ2) is 10.1. The molecule has 3 rings (SSSR count). The molecule has 0 bridgehead atoms. The molecule has 0 aliphatic rings. The lowest BCUT2D eigenvalue weighted by Crippen LogP contribution is -2.37. The molecule has 0 radical (unpaired) electrons. The van der Waals surface area contributed by atoms with E-state index in [0.717, 1.165) is 12.1 Å². The molecule has 180 valence electrons. The van der Waals surface area contributed by atoms with Crippen molar-refractivity contribution in [2.24, 2.45) is 0 Å². The van der Waals surface area contributed by atoms with Crippen molar-refractivity contribution < 1.29 is 22.4 Å². The minimum atomic E-state index is -4.51. The topological polar surface area (TPSA) is 104 Å². The lowest BCUT2D eigenvalue weighted by Gasteiger charge is -2.26. The second-order valence-corrected chi connectivity index (χ2v) is 8.59. The normalized spacial score (nSPS) is 13.5. The Kier molecular flexibility index (Phi) is 7.70. The van der Waals surface area contributed by atoms with Crippen LogP contribution in [0.3, 0.4) is 0 Å². The number of aryl methyl sites for hydroxylation is 2. The average Bonchev–Trinajstić information content (AvgIpc) is 3.38. The maximum atomic E-state index is 13.2. The largest absolute Gasteiger partial charge is 0.416 e. The van der Waals surface area contributed by atoms with Crippen LogP contribution < -0.4 is 5.32 Å².